The summed E-state index contributed by atoms with van der Waals surface area (Å²) in [5.74, 6) is 6.38. The molecule has 0 spiro atoms. The van der Waals surface area contributed by atoms with Crippen molar-refractivity contribution in [3.63, 3.8) is 0 Å². The molecule has 5 aliphatic carbocycles. The number of Topliss-reactive ketones (excluding diaryl/α,β-unsaturated/α-hetero) is 1. The van der Waals surface area contributed by atoms with Crippen molar-refractivity contribution < 1.29 is 4.79 Å². The van der Waals surface area contributed by atoms with Crippen molar-refractivity contribution in [3.05, 3.63) is 0 Å². The molecule has 0 aromatic heterocycles. The van der Waals surface area contributed by atoms with E-state index < -0.39 is 0 Å². The fourth-order valence-electron chi connectivity index (χ4n) is 7.79. The molecule has 0 amide bonds. The van der Waals surface area contributed by atoms with Gasteiger partial charge in [-0.15, -0.1) is 0 Å². The zero-order valence-corrected chi connectivity index (χ0v) is 13.7. The molecule has 0 aromatic rings. The summed E-state index contributed by atoms with van der Waals surface area (Å²) in [5, 5.41) is 0. The van der Waals surface area contributed by atoms with E-state index in [9.17, 15) is 4.79 Å². The predicted octanol–water partition coefficient (Wildman–Crippen LogP) is 4.84. The molecule has 0 radical (unpaired) electrons. The molecule has 5 fully saturated rings. The lowest BCUT2D eigenvalue weighted by atomic mass is 9.45. The Bertz CT molecular complexity index is 496. The molecule has 5 rings (SSSR count). The Labute approximate surface area is 129 Å². The number of hydrogen-bond acceptors (Lipinski definition) is 1. The number of ketones is 1. The van der Waals surface area contributed by atoms with Gasteiger partial charge < -0.3 is 0 Å². The topological polar surface area (TPSA) is 17.1 Å². The molecule has 0 saturated heterocycles. The third-order valence-corrected chi connectivity index (χ3v) is 9.13. The van der Waals surface area contributed by atoms with Gasteiger partial charge in [0.05, 0.1) is 0 Å². The van der Waals surface area contributed by atoms with Gasteiger partial charge in [0.2, 0.25) is 0 Å². The van der Waals surface area contributed by atoms with Crippen LogP contribution in [0.5, 0.6) is 0 Å². The zero-order chi connectivity index (χ0) is 14.4. The molecule has 1 heteroatoms. The summed E-state index contributed by atoms with van der Waals surface area (Å²) in [6.45, 7) is 4.97. The maximum atomic E-state index is 12.4. The summed E-state index contributed by atoms with van der Waals surface area (Å²) in [4.78, 5) is 12.4. The monoisotopic (exact) mass is 286 g/mol. The minimum atomic E-state index is 0.0706. The molecule has 5 saturated carbocycles. The van der Waals surface area contributed by atoms with Crippen molar-refractivity contribution >= 4 is 5.78 Å². The third-order valence-electron chi connectivity index (χ3n) is 9.13. The van der Waals surface area contributed by atoms with Crippen LogP contribution in [0.1, 0.15) is 71.6 Å². The van der Waals surface area contributed by atoms with Gasteiger partial charge in [-0.3, -0.25) is 4.79 Å². The van der Waals surface area contributed by atoms with E-state index in [-0.39, 0.29) is 5.41 Å². The van der Waals surface area contributed by atoms with Crippen LogP contribution < -0.4 is 0 Å². The van der Waals surface area contributed by atoms with E-state index in [1.807, 2.05) is 0 Å². The first kappa shape index (κ1) is 13.1. The summed E-state index contributed by atoms with van der Waals surface area (Å²) in [5.41, 5.74) is 0.703. The fourth-order valence-corrected chi connectivity index (χ4v) is 7.79. The molecule has 0 N–H and O–H groups in total. The lowest BCUT2D eigenvalue weighted by Gasteiger charge is -2.59. The van der Waals surface area contributed by atoms with Crippen LogP contribution >= 0.6 is 0 Å². The highest BCUT2D eigenvalue weighted by molar-refractivity contribution is 5.87. The highest BCUT2D eigenvalue weighted by Gasteiger charge is 2.62. The zero-order valence-electron chi connectivity index (χ0n) is 13.7. The van der Waals surface area contributed by atoms with Crippen LogP contribution in [0, 0.1) is 46.3 Å². The molecule has 0 aliphatic heterocycles. The highest BCUT2D eigenvalue weighted by Crippen LogP contribution is 2.69. The molecule has 0 heterocycles. The van der Waals surface area contributed by atoms with Crippen molar-refractivity contribution in [1.82, 2.24) is 0 Å². The van der Waals surface area contributed by atoms with Crippen LogP contribution in [-0.4, -0.2) is 5.78 Å². The van der Waals surface area contributed by atoms with E-state index in [0.717, 1.165) is 41.9 Å². The first-order valence-electron chi connectivity index (χ1n) is 9.56. The minimum Gasteiger partial charge on any atom is -0.299 e. The molecular formula is C20H30O. The molecule has 0 aromatic carbocycles. The van der Waals surface area contributed by atoms with Crippen LogP contribution in [0.3, 0.4) is 0 Å². The Kier molecular flexibility index (Phi) is 2.47. The van der Waals surface area contributed by atoms with Gasteiger partial charge in [0, 0.05) is 11.8 Å². The summed E-state index contributed by atoms with van der Waals surface area (Å²) < 4.78 is 0. The van der Waals surface area contributed by atoms with Gasteiger partial charge in [-0.2, -0.15) is 0 Å². The van der Waals surface area contributed by atoms with E-state index in [4.69, 9.17) is 0 Å². The van der Waals surface area contributed by atoms with Crippen molar-refractivity contribution in [2.24, 2.45) is 46.3 Å². The van der Waals surface area contributed by atoms with Gasteiger partial charge in [0.1, 0.15) is 5.78 Å². The molecule has 8 unspecified atom stereocenters. The van der Waals surface area contributed by atoms with Gasteiger partial charge in [0.15, 0.2) is 0 Å². The van der Waals surface area contributed by atoms with Gasteiger partial charge in [-0.1, -0.05) is 13.8 Å². The SMILES string of the molecule is CC12CCC3C(CCC4CC5CC5CC43C)C1CCC2=O. The van der Waals surface area contributed by atoms with E-state index in [2.05, 4.69) is 13.8 Å². The fraction of sp³-hybridized carbons (Fsp3) is 0.950. The summed E-state index contributed by atoms with van der Waals surface area (Å²) in [7, 11) is 0. The average Bonchev–Trinajstić information content (AvgIpc) is 3.12. The molecular weight excluding hydrogens is 256 g/mol. The van der Waals surface area contributed by atoms with Crippen molar-refractivity contribution in [3.8, 4) is 0 Å². The van der Waals surface area contributed by atoms with Crippen molar-refractivity contribution in [1.29, 1.82) is 0 Å². The van der Waals surface area contributed by atoms with Crippen LogP contribution in [0.4, 0.5) is 0 Å². The normalized spacial score (nSPS) is 61.5. The van der Waals surface area contributed by atoms with Crippen LogP contribution in [0.25, 0.3) is 0 Å². The maximum Gasteiger partial charge on any atom is 0.139 e. The molecule has 21 heavy (non-hydrogen) atoms. The van der Waals surface area contributed by atoms with Gasteiger partial charge in [0.25, 0.3) is 0 Å². The number of fused-ring (bicyclic) bond motifs is 6. The largest absolute Gasteiger partial charge is 0.299 e. The third kappa shape index (κ3) is 1.56. The predicted molar refractivity (Wildman–Crippen MR) is 83.7 cm³/mol. The molecule has 5 aliphatic rings. The Balaban J connectivity index is 1.49. The van der Waals surface area contributed by atoms with E-state index >= 15 is 0 Å². The lowest BCUT2D eigenvalue weighted by Crippen LogP contribution is -2.53. The van der Waals surface area contributed by atoms with Crippen LogP contribution in [0.2, 0.25) is 0 Å². The number of rotatable bonds is 0. The Morgan fingerprint density at radius 2 is 1.81 bits per heavy atom. The smallest absolute Gasteiger partial charge is 0.139 e. The molecule has 8 atom stereocenters. The van der Waals surface area contributed by atoms with Gasteiger partial charge >= 0.3 is 0 Å². The Hall–Kier alpha value is -0.330. The van der Waals surface area contributed by atoms with E-state index in [0.29, 0.717) is 11.2 Å². The van der Waals surface area contributed by atoms with E-state index in [1.165, 1.54) is 38.5 Å². The number of carbonyl (C=O) groups excluding carboxylic acids is 1. The van der Waals surface area contributed by atoms with Gasteiger partial charge in [-0.25, -0.2) is 0 Å². The molecule has 116 valence electrons. The average molecular weight is 286 g/mol. The summed E-state index contributed by atoms with van der Waals surface area (Å²) >= 11 is 0. The molecule has 0 bridgehead atoms. The first-order valence-corrected chi connectivity index (χ1v) is 9.56. The first-order chi connectivity index (χ1) is 10.0. The Morgan fingerprint density at radius 3 is 2.67 bits per heavy atom. The van der Waals surface area contributed by atoms with Crippen LogP contribution in [-0.2, 0) is 4.79 Å². The lowest BCUT2D eigenvalue weighted by molar-refractivity contribution is -0.139. The second-order valence-corrected chi connectivity index (χ2v) is 9.77. The number of carbonyl (C=O) groups is 1. The van der Waals surface area contributed by atoms with Crippen molar-refractivity contribution in [2.45, 2.75) is 71.6 Å². The minimum absolute atomic E-state index is 0.0706. The second-order valence-electron chi connectivity index (χ2n) is 9.77. The standard InChI is InChI=1S/C20H30O/c1-19-8-7-17-15(16(19)5-6-18(19)21)4-3-14-10-12-9-13(12)11-20(14,17)2/h12-17H,3-11H2,1-2H3. The maximum absolute atomic E-state index is 12.4. The summed E-state index contributed by atoms with van der Waals surface area (Å²) in [6.07, 6.45) is 12.2. The Morgan fingerprint density at radius 1 is 0.952 bits per heavy atom. The summed E-state index contributed by atoms with van der Waals surface area (Å²) in [6, 6.07) is 0. The van der Waals surface area contributed by atoms with Crippen molar-refractivity contribution in [2.75, 3.05) is 0 Å². The highest BCUT2D eigenvalue weighted by atomic mass is 16.1. The van der Waals surface area contributed by atoms with Crippen LogP contribution in [0.15, 0.2) is 0 Å². The van der Waals surface area contributed by atoms with E-state index in [1.54, 1.807) is 12.8 Å². The van der Waals surface area contributed by atoms with Gasteiger partial charge in [-0.05, 0) is 92.3 Å². The number of hydrogen-bond donors (Lipinski definition) is 0. The second kappa shape index (κ2) is 3.95. The molecule has 1 nitrogen and oxygen atoms in total. The quantitative estimate of drug-likeness (QED) is 0.622.